The molecule has 0 bridgehead atoms. The normalized spacial score (nSPS) is 12.5. The number of nitrogens with one attached hydrogen (secondary N) is 1. The first-order valence-electron chi connectivity index (χ1n) is 12.9. The first-order chi connectivity index (χ1) is 16.0. The minimum absolute atomic E-state index is 0.236. The topological polar surface area (TPSA) is 55.2 Å². The molecule has 0 saturated heterocycles. The van der Waals surface area contributed by atoms with E-state index in [1.807, 2.05) is 0 Å². The lowest BCUT2D eigenvalue weighted by Gasteiger charge is -2.14. The monoisotopic (exact) mass is 472 g/mol. The van der Waals surface area contributed by atoms with E-state index in [4.69, 9.17) is 21.3 Å². The zero-order valence-corrected chi connectivity index (χ0v) is 21.7. The van der Waals surface area contributed by atoms with Gasteiger partial charge < -0.3 is 4.74 Å². The van der Waals surface area contributed by atoms with Crippen LogP contribution in [0.1, 0.15) is 107 Å². The molecule has 6 heteroatoms. The summed E-state index contributed by atoms with van der Waals surface area (Å²) in [5.41, 5.74) is 4.31. The van der Waals surface area contributed by atoms with Gasteiger partial charge in [0.2, 0.25) is 0 Å². The minimum atomic E-state index is 0.236. The van der Waals surface area contributed by atoms with Crippen LogP contribution in [0.25, 0.3) is 5.65 Å². The highest BCUT2D eigenvalue weighted by atomic mass is 35.5. The summed E-state index contributed by atoms with van der Waals surface area (Å²) in [5.74, 6) is 2.10. The summed E-state index contributed by atoms with van der Waals surface area (Å²) in [6, 6.07) is 6.52. The van der Waals surface area contributed by atoms with E-state index >= 15 is 0 Å². The number of fused-ring (bicyclic) bond motifs is 1. The van der Waals surface area contributed by atoms with Crippen LogP contribution in [0.2, 0.25) is 5.02 Å². The minimum Gasteiger partial charge on any atom is -0.493 e. The number of aryl methyl sites for hydroxylation is 3. The fourth-order valence-corrected chi connectivity index (χ4v) is 4.46. The standard InChI is InChI=1S/C27H41ClN4O/c1-5-7-9-10-11-12-18-33-24-17-14-20(3)19-22(24)16-15-21(4)26-29-27-25(28)23(13-8-6-2)30-32(27)31-26/h14,17,19,21,30H,5-13,15-16,18H2,1-4H3. The number of aromatic amines is 1. The van der Waals surface area contributed by atoms with Gasteiger partial charge in [0.05, 0.1) is 12.3 Å². The van der Waals surface area contributed by atoms with Crippen molar-refractivity contribution in [2.45, 2.75) is 104 Å². The van der Waals surface area contributed by atoms with Crippen LogP contribution in [0, 0.1) is 6.92 Å². The van der Waals surface area contributed by atoms with E-state index in [-0.39, 0.29) is 5.92 Å². The highest BCUT2D eigenvalue weighted by molar-refractivity contribution is 6.34. The van der Waals surface area contributed by atoms with Crippen LogP contribution >= 0.6 is 11.6 Å². The zero-order chi connectivity index (χ0) is 23.6. The maximum Gasteiger partial charge on any atom is 0.194 e. The van der Waals surface area contributed by atoms with Crippen LogP contribution in [-0.4, -0.2) is 26.4 Å². The SMILES string of the molecule is CCCCCCCCOc1ccc(C)cc1CCC(C)c1nc2c(Cl)c(CCCC)[nH]n2n1. The van der Waals surface area contributed by atoms with E-state index in [2.05, 4.69) is 56.1 Å². The van der Waals surface area contributed by atoms with Crippen LogP contribution in [0.5, 0.6) is 5.75 Å². The molecule has 1 N–H and O–H groups in total. The Bertz CT molecular complexity index is 994. The van der Waals surface area contributed by atoms with Crippen LogP contribution in [-0.2, 0) is 12.8 Å². The molecule has 0 aliphatic rings. The molecule has 0 saturated carbocycles. The van der Waals surface area contributed by atoms with E-state index in [0.29, 0.717) is 5.02 Å². The van der Waals surface area contributed by atoms with Crippen molar-refractivity contribution in [3.63, 3.8) is 0 Å². The number of rotatable bonds is 15. The van der Waals surface area contributed by atoms with Gasteiger partial charge in [-0.1, -0.05) is 88.6 Å². The number of hydrogen-bond donors (Lipinski definition) is 1. The van der Waals surface area contributed by atoms with E-state index in [9.17, 15) is 0 Å². The molecular weight excluding hydrogens is 432 g/mol. The second-order valence-corrected chi connectivity index (χ2v) is 9.76. The molecule has 0 aliphatic heterocycles. The molecule has 1 aromatic carbocycles. The Labute approximate surface area is 204 Å². The van der Waals surface area contributed by atoms with Crippen molar-refractivity contribution in [3.05, 3.63) is 45.9 Å². The third-order valence-electron chi connectivity index (χ3n) is 6.36. The fraction of sp³-hybridized carbons (Fsp3) is 0.630. The average Bonchev–Trinajstić information content (AvgIpc) is 3.35. The predicted octanol–water partition coefficient (Wildman–Crippen LogP) is 7.84. The summed E-state index contributed by atoms with van der Waals surface area (Å²) in [7, 11) is 0. The maximum atomic E-state index is 6.55. The molecule has 5 nitrogen and oxygen atoms in total. The summed E-state index contributed by atoms with van der Waals surface area (Å²) in [4.78, 5) is 4.74. The highest BCUT2D eigenvalue weighted by Crippen LogP contribution is 2.28. The van der Waals surface area contributed by atoms with Gasteiger partial charge in [-0.2, -0.15) is 4.63 Å². The van der Waals surface area contributed by atoms with Gasteiger partial charge in [-0.25, -0.2) is 4.98 Å². The van der Waals surface area contributed by atoms with Crippen LogP contribution < -0.4 is 4.74 Å². The lowest BCUT2D eigenvalue weighted by molar-refractivity contribution is 0.301. The molecule has 0 radical (unpaired) electrons. The molecule has 3 rings (SSSR count). The van der Waals surface area contributed by atoms with Crippen molar-refractivity contribution in [2.24, 2.45) is 0 Å². The zero-order valence-electron chi connectivity index (χ0n) is 20.9. The van der Waals surface area contributed by atoms with Gasteiger partial charge >= 0.3 is 0 Å². The maximum absolute atomic E-state index is 6.55. The largest absolute Gasteiger partial charge is 0.493 e. The second kappa shape index (κ2) is 13.0. The quantitative estimate of drug-likeness (QED) is 0.229. The molecule has 2 aromatic heterocycles. The van der Waals surface area contributed by atoms with Gasteiger partial charge in [-0.3, -0.25) is 5.10 Å². The molecule has 1 unspecified atom stereocenters. The summed E-state index contributed by atoms with van der Waals surface area (Å²) in [6.45, 7) is 9.56. The predicted molar refractivity (Wildman–Crippen MR) is 138 cm³/mol. The summed E-state index contributed by atoms with van der Waals surface area (Å²) in [6.07, 6.45) is 12.7. The lowest BCUT2D eigenvalue weighted by Crippen LogP contribution is -2.04. The number of nitrogens with zero attached hydrogens (tertiary/aromatic N) is 3. The first-order valence-corrected chi connectivity index (χ1v) is 13.3. The number of ether oxygens (including phenoxy) is 1. The highest BCUT2D eigenvalue weighted by Gasteiger charge is 2.18. The molecule has 0 fully saturated rings. The van der Waals surface area contributed by atoms with E-state index in [1.54, 1.807) is 4.63 Å². The number of aromatic nitrogens is 4. The van der Waals surface area contributed by atoms with Crippen molar-refractivity contribution in [1.82, 2.24) is 19.8 Å². The number of benzene rings is 1. The van der Waals surface area contributed by atoms with Gasteiger partial charge in [0.1, 0.15) is 10.8 Å². The van der Waals surface area contributed by atoms with Gasteiger partial charge in [0.25, 0.3) is 0 Å². The third kappa shape index (κ3) is 7.23. The molecular formula is C27H41ClN4O. The molecule has 0 spiro atoms. The van der Waals surface area contributed by atoms with Gasteiger partial charge in [0, 0.05) is 5.92 Å². The van der Waals surface area contributed by atoms with Crippen molar-refractivity contribution in [2.75, 3.05) is 6.61 Å². The first kappa shape index (κ1) is 25.6. The number of H-pyrrole nitrogens is 1. The average molecular weight is 473 g/mol. The van der Waals surface area contributed by atoms with Crippen LogP contribution in [0.3, 0.4) is 0 Å². The Morgan fingerprint density at radius 1 is 1.03 bits per heavy atom. The third-order valence-corrected chi connectivity index (χ3v) is 6.76. The molecule has 1 atom stereocenters. The smallest absolute Gasteiger partial charge is 0.194 e. The van der Waals surface area contributed by atoms with E-state index < -0.39 is 0 Å². The van der Waals surface area contributed by atoms with E-state index in [1.165, 1.54) is 43.2 Å². The van der Waals surface area contributed by atoms with Crippen molar-refractivity contribution in [1.29, 1.82) is 0 Å². The van der Waals surface area contributed by atoms with E-state index in [0.717, 1.165) is 68.0 Å². The Balaban J connectivity index is 1.56. The van der Waals surface area contributed by atoms with Gasteiger partial charge in [-0.15, -0.1) is 5.10 Å². The van der Waals surface area contributed by atoms with Crippen molar-refractivity contribution < 1.29 is 4.74 Å². The molecule has 182 valence electrons. The summed E-state index contributed by atoms with van der Waals surface area (Å²) >= 11 is 6.55. The van der Waals surface area contributed by atoms with Crippen LogP contribution in [0.4, 0.5) is 0 Å². The van der Waals surface area contributed by atoms with Gasteiger partial charge in [0.15, 0.2) is 11.5 Å². The number of unbranched alkanes of at least 4 members (excludes halogenated alkanes) is 6. The number of halogens is 1. The molecule has 2 heterocycles. The summed E-state index contributed by atoms with van der Waals surface area (Å²) in [5, 5.41) is 8.69. The summed E-state index contributed by atoms with van der Waals surface area (Å²) < 4.78 is 7.91. The Hall–Kier alpha value is -2.01. The molecule has 0 amide bonds. The van der Waals surface area contributed by atoms with Crippen molar-refractivity contribution in [3.8, 4) is 5.75 Å². The van der Waals surface area contributed by atoms with Crippen LogP contribution in [0.15, 0.2) is 18.2 Å². The lowest BCUT2D eigenvalue weighted by atomic mass is 9.99. The van der Waals surface area contributed by atoms with Crippen molar-refractivity contribution >= 4 is 17.2 Å². The molecule has 3 aromatic rings. The molecule has 33 heavy (non-hydrogen) atoms. The molecule has 0 aliphatic carbocycles. The van der Waals surface area contributed by atoms with Gasteiger partial charge in [-0.05, 0) is 50.7 Å². The Morgan fingerprint density at radius 3 is 2.55 bits per heavy atom. The fourth-order valence-electron chi connectivity index (χ4n) is 4.20. The second-order valence-electron chi connectivity index (χ2n) is 9.38. The number of hydrogen-bond acceptors (Lipinski definition) is 3. The Morgan fingerprint density at radius 2 is 1.79 bits per heavy atom. The Kier molecular flexibility index (Phi) is 10.1.